The number of carbonyl (C=O) groups is 2. The van der Waals surface area contributed by atoms with Gasteiger partial charge >= 0.3 is 6.03 Å². The van der Waals surface area contributed by atoms with Crippen LogP contribution in [0.1, 0.15) is 22.4 Å². The number of nitrogens with zero attached hydrogens (tertiary/aromatic N) is 2. The number of ether oxygens (including phenoxy) is 1. The quantitative estimate of drug-likeness (QED) is 0.398. The molecule has 0 aliphatic heterocycles. The molecule has 0 atom stereocenters. The molecular weight excluding hydrogens is 434 g/mol. The van der Waals surface area contributed by atoms with E-state index in [-0.39, 0.29) is 18.5 Å². The number of amides is 3. The van der Waals surface area contributed by atoms with Crippen molar-refractivity contribution in [3.8, 4) is 0 Å². The van der Waals surface area contributed by atoms with Gasteiger partial charge in [0.1, 0.15) is 6.54 Å². The van der Waals surface area contributed by atoms with Gasteiger partial charge < -0.3 is 19.9 Å². The Morgan fingerprint density at radius 2 is 1.70 bits per heavy atom. The fraction of sp³-hybridized carbons (Fsp3) is 0.308. The molecule has 0 fully saturated rings. The molecule has 0 saturated carbocycles. The van der Waals surface area contributed by atoms with Gasteiger partial charge in [0.25, 0.3) is 0 Å². The van der Waals surface area contributed by atoms with Gasteiger partial charge in [-0.1, -0.05) is 54.6 Å². The van der Waals surface area contributed by atoms with Crippen LogP contribution < -0.4 is 5.32 Å². The van der Waals surface area contributed by atoms with Crippen molar-refractivity contribution in [1.82, 2.24) is 9.80 Å². The molecule has 0 aliphatic carbocycles. The van der Waals surface area contributed by atoms with Crippen LogP contribution in [-0.2, 0) is 22.6 Å². The molecule has 2 aromatic carbocycles. The van der Waals surface area contributed by atoms with Crippen LogP contribution in [0, 0.1) is 6.92 Å². The molecule has 0 unspecified atom stereocenters. The average molecular weight is 466 g/mol. The fourth-order valence-corrected chi connectivity index (χ4v) is 4.17. The Hall–Kier alpha value is -3.16. The molecule has 174 valence electrons. The zero-order valence-corrected chi connectivity index (χ0v) is 20.0. The Morgan fingerprint density at radius 3 is 2.39 bits per heavy atom. The second kappa shape index (κ2) is 12.8. The topological polar surface area (TPSA) is 61.9 Å². The highest BCUT2D eigenvalue weighted by molar-refractivity contribution is 7.09. The number of urea groups is 1. The largest absolute Gasteiger partial charge is 0.385 e. The number of methoxy groups -OCH3 is 1. The minimum Gasteiger partial charge on any atom is -0.385 e. The van der Waals surface area contributed by atoms with Gasteiger partial charge in [0.05, 0.1) is 6.54 Å². The van der Waals surface area contributed by atoms with Crippen LogP contribution in [0.2, 0.25) is 0 Å². The molecule has 3 rings (SSSR count). The van der Waals surface area contributed by atoms with Gasteiger partial charge in [-0.3, -0.25) is 4.79 Å². The zero-order valence-electron chi connectivity index (χ0n) is 19.2. The summed E-state index contributed by atoms with van der Waals surface area (Å²) >= 11 is 1.62. The summed E-state index contributed by atoms with van der Waals surface area (Å²) < 4.78 is 5.16. The predicted molar refractivity (Wildman–Crippen MR) is 133 cm³/mol. The average Bonchev–Trinajstić information content (AvgIpc) is 3.33. The first kappa shape index (κ1) is 24.5. The van der Waals surface area contributed by atoms with E-state index in [2.05, 4.69) is 5.32 Å². The minimum absolute atomic E-state index is 0.000360. The summed E-state index contributed by atoms with van der Waals surface area (Å²) in [5.41, 5.74) is 2.77. The maximum absolute atomic E-state index is 13.4. The summed E-state index contributed by atoms with van der Waals surface area (Å²) in [4.78, 5) is 31.0. The smallest absolute Gasteiger partial charge is 0.322 e. The molecule has 3 amide bonds. The van der Waals surface area contributed by atoms with E-state index in [9.17, 15) is 9.59 Å². The summed E-state index contributed by atoms with van der Waals surface area (Å²) in [7, 11) is 1.63. The maximum atomic E-state index is 13.4. The summed E-state index contributed by atoms with van der Waals surface area (Å²) in [6.45, 7) is 3.89. The number of nitrogens with one attached hydrogen (secondary N) is 1. The van der Waals surface area contributed by atoms with Gasteiger partial charge in [0, 0.05) is 37.4 Å². The van der Waals surface area contributed by atoms with E-state index in [1.165, 1.54) is 0 Å². The fourth-order valence-electron chi connectivity index (χ4n) is 3.45. The van der Waals surface area contributed by atoms with Crippen molar-refractivity contribution in [2.75, 3.05) is 32.1 Å². The molecule has 0 aliphatic rings. The van der Waals surface area contributed by atoms with Crippen LogP contribution in [0.25, 0.3) is 0 Å². The molecule has 1 N–H and O–H groups in total. The molecule has 1 heterocycles. The lowest BCUT2D eigenvalue weighted by atomic mass is 10.2. The number of hydrogen-bond acceptors (Lipinski definition) is 4. The van der Waals surface area contributed by atoms with Crippen molar-refractivity contribution in [3.05, 3.63) is 88.1 Å². The van der Waals surface area contributed by atoms with Crippen LogP contribution in [-0.4, -0.2) is 48.5 Å². The second-order valence-corrected chi connectivity index (χ2v) is 8.86. The first-order valence-corrected chi connectivity index (χ1v) is 11.9. The summed E-state index contributed by atoms with van der Waals surface area (Å²) in [5, 5.41) is 4.96. The van der Waals surface area contributed by atoms with Crippen molar-refractivity contribution in [1.29, 1.82) is 0 Å². The van der Waals surface area contributed by atoms with Crippen molar-refractivity contribution >= 4 is 29.0 Å². The third-order valence-corrected chi connectivity index (χ3v) is 6.13. The van der Waals surface area contributed by atoms with E-state index < -0.39 is 0 Å². The standard InChI is InChI=1S/C26H31N3O3S/c1-21-10-6-7-14-24(21)27-26(31)28(15-9-16-32-2)20-25(30)29(19-23-13-8-17-33-23)18-22-11-4-3-5-12-22/h3-8,10-14,17H,9,15-16,18-20H2,1-2H3,(H,27,31). The lowest BCUT2D eigenvalue weighted by Crippen LogP contribution is -2.44. The van der Waals surface area contributed by atoms with Crippen molar-refractivity contribution < 1.29 is 14.3 Å². The molecule has 33 heavy (non-hydrogen) atoms. The van der Waals surface area contributed by atoms with Crippen LogP contribution in [0.5, 0.6) is 0 Å². The normalized spacial score (nSPS) is 10.6. The molecular formula is C26H31N3O3S. The Kier molecular flexibility index (Phi) is 9.47. The maximum Gasteiger partial charge on any atom is 0.322 e. The molecule has 3 aromatic rings. The number of thiophene rings is 1. The number of anilines is 1. The van der Waals surface area contributed by atoms with Gasteiger partial charge in [-0.15, -0.1) is 11.3 Å². The molecule has 7 heteroatoms. The summed E-state index contributed by atoms with van der Waals surface area (Å²) in [6, 6.07) is 21.3. The zero-order chi connectivity index (χ0) is 23.5. The summed E-state index contributed by atoms with van der Waals surface area (Å²) in [6.07, 6.45) is 0.647. The van der Waals surface area contributed by atoms with Gasteiger partial charge in [-0.25, -0.2) is 4.79 Å². The highest BCUT2D eigenvalue weighted by Gasteiger charge is 2.22. The third-order valence-electron chi connectivity index (χ3n) is 5.27. The SMILES string of the molecule is COCCCN(CC(=O)N(Cc1ccccc1)Cc1cccs1)C(=O)Nc1ccccc1C. The number of rotatable bonds is 11. The minimum atomic E-state index is -0.287. The first-order valence-electron chi connectivity index (χ1n) is 11.0. The Labute approximate surface area is 199 Å². The van der Waals surface area contributed by atoms with Gasteiger partial charge in [-0.05, 0) is 42.0 Å². The monoisotopic (exact) mass is 465 g/mol. The molecule has 0 spiro atoms. The Bertz CT molecular complexity index is 1010. The number of benzene rings is 2. The lowest BCUT2D eigenvalue weighted by Gasteiger charge is -2.28. The Morgan fingerprint density at radius 1 is 0.939 bits per heavy atom. The van der Waals surface area contributed by atoms with Crippen LogP contribution in [0.4, 0.5) is 10.5 Å². The van der Waals surface area contributed by atoms with E-state index in [0.717, 1.165) is 21.7 Å². The van der Waals surface area contributed by atoms with Crippen LogP contribution >= 0.6 is 11.3 Å². The highest BCUT2D eigenvalue weighted by atomic mass is 32.1. The van der Waals surface area contributed by atoms with Crippen molar-refractivity contribution in [3.63, 3.8) is 0 Å². The van der Waals surface area contributed by atoms with Gasteiger partial charge in [0.15, 0.2) is 0 Å². The Balaban J connectivity index is 1.74. The van der Waals surface area contributed by atoms with Crippen molar-refractivity contribution in [2.45, 2.75) is 26.4 Å². The second-order valence-electron chi connectivity index (χ2n) is 7.83. The molecule has 1 aromatic heterocycles. The molecule has 0 radical (unpaired) electrons. The predicted octanol–water partition coefficient (Wildman–Crippen LogP) is 5.16. The number of hydrogen-bond donors (Lipinski definition) is 1. The van der Waals surface area contributed by atoms with E-state index in [1.807, 2.05) is 83.9 Å². The van der Waals surface area contributed by atoms with Gasteiger partial charge in [-0.2, -0.15) is 0 Å². The highest BCUT2D eigenvalue weighted by Crippen LogP contribution is 2.17. The van der Waals surface area contributed by atoms with E-state index in [1.54, 1.807) is 23.3 Å². The number of carbonyl (C=O) groups excluding carboxylic acids is 2. The molecule has 6 nitrogen and oxygen atoms in total. The van der Waals surface area contributed by atoms with E-state index >= 15 is 0 Å². The third kappa shape index (κ3) is 7.73. The van der Waals surface area contributed by atoms with Gasteiger partial charge in [0.2, 0.25) is 5.91 Å². The molecule has 0 saturated heterocycles. The van der Waals surface area contributed by atoms with Crippen LogP contribution in [0.15, 0.2) is 72.1 Å². The van der Waals surface area contributed by atoms with E-state index in [0.29, 0.717) is 32.7 Å². The first-order chi connectivity index (χ1) is 16.1. The van der Waals surface area contributed by atoms with E-state index in [4.69, 9.17) is 4.74 Å². The lowest BCUT2D eigenvalue weighted by molar-refractivity contribution is -0.133. The number of para-hydroxylation sites is 1. The number of aryl methyl sites for hydroxylation is 1. The van der Waals surface area contributed by atoms with Crippen molar-refractivity contribution in [2.24, 2.45) is 0 Å². The van der Waals surface area contributed by atoms with Crippen LogP contribution in [0.3, 0.4) is 0 Å². The molecule has 0 bridgehead atoms. The summed E-state index contributed by atoms with van der Waals surface area (Å²) in [5.74, 6) is -0.0930.